The van der Waals surface area contributed by atoms with Gasteiger partial charge < -0.3 is 15.5 Å². The zero-order chi connectivity index (χ0) is 12.3. The van der Waals surface area contributed by atoms with Crippen molar-refractivity contribution in [3.8, 4) is 0 Å². The Balaban J connectivity index is 2.18. The Bertz CT molecular complexity index is 547. The minimum atomic E-state index is -0.834. The van der Waals surface area contributed by atoms with Gasteiger partial charge in [-0.15, -0.1) is 0 Å². The van der Waals surface area contributed by atoms with Crippen molar-refractivity contribution in [2.24, 2.45) is 5.73 Å². The third-order valence-electron chi connectivity index (χ3n) is 2.58. The van der Waals surface area contributed by atoms with Crippen LogP contribution >= 0.6 is 0 Å². The van der Waals surface area contributed by atoms with E-state index >= 15 is 0 Å². The van der Waals surface area contributed by atoms with Crippen LogP contribution < -0.4 is 5.73 Å². The Hall–Kier alpha value is -2.14. The highest BCUT2D eigenvalue weighted by molar-refractivity contribution is 5.85. The van der Waals surface area contributed by atoms with Gasteiger partial charge in [0.2, 0.25) is 0 Å². The largest absolute Gasteiger partial charge is 0.394 e. The number of esters is 1. The van der Waals surface area contributed by atoms with E-state index in [-0.39, 0.29) is 6.47 Å². The van der Waals surface area contributed by atoms with E-state index in [0.29, 0.717) is 6.42 Å². The summed E-state index contributed by atoms with van der Waals surface area (Å²) in [5.74, 6) is -0.717. The van der Waals surface area contributed by atoms with Crippen LogP contribution in [0.25, 0.3) is 10.9 Å². The van der Waals surface area contributed by atoms with Gasteiger partial charge in [0.05, 0.1) is 0 Å². The fourth-order valence-corrected chi connectivity index (χ4v) is 1.76. The van der Waals surface area contributed by atoms with Crippen LogP contribution in [0.15, 0.2) is 30.5 Å². The summed E-state index contributed by atoms with van der Waals surface area (Å²) >= 11 is 0. The number of hydrogen-bond acceptors (Lipinski definition) is 4. The molecular formula is C12H12N2O3. The van der Waals surface area contributed by atoms with Crippen molar-refractivity contribution in [1.29, 1.82) is 0 Å². The van der Waals surface area contributed by atoms with Crippen molar-refractivity contribution in [1.82, 2.24) is 4.98 Å². The Morgan fingerprint density at radius 2 is 2.24 bits per heavy atom. The second kappa shape index (κ2) is 4.80. The lowest BCUT2D eigenvalue weighted by Gasteiger charge is -2.07. The molecule has 2 rings (SSSR count). The first-order chi connectivity index (χ1) is 8.22. The predicted octanol–water partition coefficient (Wildman–Crippen LogP) is 0.737. The zero-order valence-electron chi connectivity index (χ0n) is 9.05. The van der Waals surface area contributed by atoms with Crippen molar-refractivity contribution in [3.63, 3.8) is 0 Å². The first-order valence-electron chi connectivity index (χ1n) is 5.17. The number of hydrogen-bond donors (Lipinski definition) is 2. The number of nitrogens with two attached hydrogens (primary N) is 1. The number of aromatic nitrogens is 1. The van der Waals surface area contributed by atoms with E-state index in [1.807, 2.05) is 24.3 Å². The Kier molecular flexibility index (Phi) is 3.20. The summed E-state index contributed by atoms with van der Waals surface area (Å²) < 4.78 is 4.21. The van der Waals surface area contributed by atoms with Crippen LogP contribution in [0.2, 0.25) is 0 Å². The van der Waals surface area contributed by atoms with Gasteiger partial charge in [-0.05, 0) is 11.6 Å². The van der Waals surface area contributed by atoms with Gasteiger partial charge in [0, 0.05) is 23.5 Å². The lowest BCUT2D eigenvalue weighted by atomic mass is 10.1. The van der Waals surface area contributed by atoms with Crippen molar-refractivity contribution in [3.05, 3.63) is 36.0 Å². The smallest absolute Gasteiger partial charge is 0.330 e. The van der Waals surface area contributed by atoms with Crippen LogP contribution in [0, 0.1) is 0 Å². The molecule has 0 amide bonds. The maximum atomic E-state index is 11.2. The molecule has 0 aliphatic heterocycles. The van der Waals surface area contributed by atoms with E-state index in [2.05, 4.69) is 9.72 Å². The minimum Gasteiger partial charge on any atom is -0.394 e. The van der Waals surface area contributed by atoms with E-state index in [0.717, 1.165) is 16.5 Å². The van der Waals surface area contributed by atoms with Crippen molar-refractivity contribution >= 4 is 23.3 Å². The van der Waals surface area contributed by atoms with Gasteiger partial charge in [0.15, 0.2) is 0 Å². The number of para-hydroxylation sites is 1. The topological polar surface area (TPSA) is 85.2 Å². The Labute approximate surface area is 97.6 Å². The standard InChI is InChI=1S/C12H12N2O3/c13-10(12(16)17-7-15)5-8-6-14-11-4-2-1-3-9(8)11/h1-4,6-7,10,14H,5,13H2/t10-/m0/s1. The number of benzene rings is 1. The summed E-state index contributed by atoms with van der Waals surface area (Å²) in [6.45, 7) is 0.0947. The molecule has 17 heavy (non-hydrogen) atoms. The number of fused-ring (bicyclic) bond motifs is 1. The molecule has 0 aliphatic rings. The summed E-state index contributed by atoms with van der Waals surface area (Å²) in [5, 5.41) is 1.02. The highest BCUT2D eigenvalue weighted by Crippen LogP contribution is 2.18. The maximum absolute atomic E-state index is 11.2. The molecule has 3 N–H and O–H groups in total. The predicted molar refractivity (Wildman–Crippen MR) is 62.1 cm³/mol. The second-order valence-corrected chi connectivity index (χ2v) is 3.70. The van der Waals surface area contributed by atoms with E-state index in [9.17, 15) is 9.59 Å². The molecule has 0 aliphatic carbocycles. The fraction of sp³-hybridized carbons (Fsp3) is 0.167. The molecule has 0 spiro atoms. The summed E-state index contributed by atoms with van der Waals surface area (Å²) in [7, 11) is 0. The van der Waals surface area contributed by atoms with Crippen LogP contribution in [0.1, 0.15) is 5.56 Å². The molecule has 0 bridgehead atoms. The number of rotatable bonds is 4. The minimum absolute atomic E-state index is 0.0947. The quantitative estimate of drug-likeness (QED) is 0.462. The molecule has 1 aromatic heterocycles. The van der Waals surface area contributed by atoms with E-state index in [4.69, 9.17) is 5.73 Å². The molecule has 1 aromatic carbocycles. The Morgan fingerprint density at radius 1 is 1.47 bits per heavy atom. The van der Waals surface area contributed by atoms with E-state index in [1.165, 1.54) is 0 Å². The zero-order valence-corrected chi connectivity index (χ0v) is 9.05. The van der Waals surface area contributed by atoms with Gasteiger partial charge >= 0.3 is 12.4 Å². The molecular weight excluding hydrogens is 220 g/mol. The fourth-order valence-electron chi connectivity index (χ4n) is 1.76. The summed E-state index contributed by atoms with van der Waals surface area (Å²) in [6.07, 6.45) is 2.13. The van der Waals surface area contributed by atoms with Crippen LogP contribution in [0.3, 0.4) is 0 Å². The van der Waals surface area contributed by atoms with E-state index in [1.54, 1.807) is 6.20 Å². The Morgan fingerprint density at radius 3 is 3.00 bits per heavy atom. The monoisotopic (exact) mass is 232 g/mol. The highest BCUT2D eigenvalue weighted by Gasteiger charge is 2.17. The number of carbonyl (C=O) groups is 2. The SMILES string of the molecule is N[C@@H](Cc1c[nH]c2ccccc12)C(=O)OC=O. The normalized spacial score (nSPS) is 12.3. The van der Waals surface area contributed by atoms with Crippen LogP contribution in [0.5, 0.6) is 0 Å². The molecule has 0 fully saturated rings. The molecule has 2 aromatic rings. The van der Waals surface area contributed by atoms with Gasteiger partial charge in [-0.2, -0.15) is 0 Å². The molecule has 5 heteroatoms. The first kappa shape index (κ1) is 11.3. The van der Waals surface area contributed by atoms with Crippen LogP contribution in [0.4, 0.5) is 0 Å². The summed E-state index contributed by atoms with van der Waals surface area (Å²) in [6, 6.07) is 6.88. The third kappa shape index (κ3) is 2.34. The second-order valence-electron chi connectivity index (χ2n) is 3.70. The first-order valence-corrected chi connectivity index (χ1v) is 5.17. The average molecular weight is 232 g/mol. The number of aromatic amines is 1. The van der Waals surface area contributed by atoms with Gasteiger partial charge in [-0.3, -0.25) is 4.79 Å². The third-order valence-corrected chi connectivity index (χ3v) is 2.58. The molecule has 0 saturated heterocycles. The average Bonchev–Trinajstić information content (AvgIpc) is 2.73. The van der Waals surface area contributed by atoms with Crippen molar-refractivity contribution in [2.45, 2.75) is 12.5 Å². The molecule has 1 heterocycles. The number of carbonyl (C=O) groups excluding carboxylic acids is 2. The van der Waals surface area contributed by atoms with Crippen molar-refractivity contribution in [2.75, 3.05) is 0 Å². The molecule has 0 saturated carbocycles. The van der Waals surface area contributed by atoms with Gasteiger partial charge in [-0.1, -0.05) is 18.2 Å². The lowest BCUT2D eigenvalue weighted by molar-refractivity contribution is -0.152. The van der Waals surface area contributed by atoms with Gasteiger partial charge in [-0.25, -0.2) is 4.79 Å². The van der Waals surface area contributed by atoms with Crippen LogP contribution in [-0.2, 0) is 20.7 Å². The molecule has 0 radical (unpaired) electrons. The highest BCUT2D eigenvalue weighted by atomic mass is 16.6. The van der Waals surface area contributed by atoms with Crippen LogP contribution in [-0.4, -0.2) is 23.5 Å². The summed E-state index contributed by atoms with van der Waals surface area (Å²) in [4.78, 5) is 24.3. The molecule has 1 atom stereocenters. The maximum Gasteiger partial charge on any atom is 0.330 e. The van der Waals surface area contributed by atoms with Gasteiger partial charge in [0.25, 0.3) is 0 Å². The molecule has 0 unspecified atom stereocenters. The molecule has 5 nitrogen and oxygen atoms in total. The van der Waals surface area contributed by atoms with Gasteiger partial charge in [0.1, 0.15) is 6.04 Å². The van der Waals surface area contributed by atoms with Crippen molar-refractivity contribution < 1.29 is 14.3 Å². The number of ether oxygens (including phenoxy) is 1. The lowest BCUT2D eigenvalue weighted by Crippen LogP contribution is -2.34. The van der Waals surface area contributed by atoms with E-state index < -0.39 is 12.0 Å². The number of H-pyrrole nitrogens is 1. The number of nitrogens with one attached hydrogen (secondary N) is 1. The summed E-state index contributed by atoms with van der Waals surface area (Å²) in [5.41, 5.74) is 7.55. The molecule has 88 valence electrons.